The molecular weight excluding hydrogens is 460 g/mol. The minimum atomic E-state index is -0.453. The second-order valence-corrected chi connectivity index (χ2v) is 8.78. The second kappa shape index (κ2) is 8.52. The maximum Gasteiger partial charge on any atom is 0.344 e. The smallest absolute Gasteiger partial charge is 0.344 e. The van der Waals surface area contributed by atoms with Crippen LogP contribution in [0.15, 0.2) is 33.5 Å². The van der Waals surface area contributed by atoms with Crippen LogP contribution in [0.5, 0.6) is 28.7 Å². The average molecular weight is 489 g/mol. The normalized spacial score (nSPS) is 11.4. The number of rotatable bonds is 5. The number of methoxy groups -OCH3 is 5. The summed E-state index contributed by atoms with van der Waals surface area (Å²) in [5.41, 5.74) is 2.70. The molecule has 0 radical (unpaired) electrons. The van der Waals surface area contributed by atoms with Crippen LogP contribution in [0.4, 0.5) is 0 Å². The van der Waals surface area contributed by atoms with E-state index in [4.69, 9.17) is 28.1 Å². The molecule has 4 aromatic carbocycles. The van der Waals surface area contributed by atoms with Crippen molar-refractivity contribution in [2.24, 2.45) is 0 Å². The number of fused-ring (bicyclic) bond motifs is 6. The van der Waals surface area contributed by atoms with Gasteiger partial charge in [-0.3, -0.25) is 0 Å². The van der Waals surface area contributed by atoms with Gasteiger partial charge in [-0.1, -0.05) is 6.07 Å². The zero-order valence-corrected chi connectivity index (χ0v) is 21.7. The van der Waals surface area contributed by atoms with E-state index in [1.54, 1.807) is 35.5 Å². The van der Waals surface area contributed by atoms with Crippen LogP contribution in [0.1, 0.15) is 16.7 Å². The summed E-state index contributed by atoms with van der Waals surface area (Å²) < 4.78 is 34.4. The zero-order chi connectivity index (χ0) is 25.9. The first-order valence-corrected chi connectivity index (χ1v) is 11.5. The van der Waals surface area contributed by atoms with Gasteiger partial charge in [0, 0.05) is 32.7 Å². The van der Waals surface area contributed by atoms with Gasteiger partial charge >= 0.3 is 5.63 Å². The van der Waals surface area contributed by atoms with Crippen LogP contribution in [0.25, 0.3) is 43.3 Å². The van der Waals surface area contributed by atoms with Crippen molar-refractivity contribution in [2.75, 3.05) is 35.5 Å². The first-order valence-electron chi connectivity index (χ1n) is 11.5. The van der Waals surface area contributed by atoms with Crippen LogP contribution in [0.2, 0.25) is 0 Å². The second-order valence-electron chi connectivity index (χ2n) is 8.78. The molecular formula is C29H28O7. The standard InChI is InChI=1S/C29H28O7/c1-13-9-16-14(2)25(33-6)22(32-5)12-19(16)28-23(13)24-20(29(30)36-28)10-17-15(3)26(34-7)21(31-4)11-18(17)27(24)35-8/h9-12H,1-8H3. The molecule has 1 aromatic heterocycles. The number of benzene rings is 4. The third-order valence-electron chi connectivity index (χ3n) is 7.04. The summed E-state index contributed by atoms with van der Waals surface area (Å²) in [5, 5.41) is 5.24. The fraction of sp³-hybridized carbons (Fsp3) is 0.276. The highest BCUT2D eigenvalue weighted by atomic mass is 16.5. The van der Waals surface area contributed by atoms with Gasteiger partial charge in [0.2, 0.25) is 0 Å². The van der Waals surface area contributed by atoms with Crippen molar-refractivity contribution in [3.63, 3.8) is 0 Å². The third kappa shape index (κ3) is 3.08. The molecule has 1 heterocycles. The molecule has 0 unspecified atom stereocenters. The average Bonchev–Trinajstić information content (AvgIpc) is 2.87. The van der Waals surface area contributed by atoms with Crippen LogP contribution in [-0.2, 0) is 0 Å². The molecule has 5 rings (SSSR count). The van der Waals surface area contributed by atoms with Crippen LogP contribution in [0.3, 0.4) is 0 Å². The van der Waals surface area contributed by atoms with E-state index < -0.39 is 5.63 Å². The fourth-order valence-electron chi connectivity index (χ4n) is 5.39. The molecule has 0 bridgehead atoms. The molecule has 0 atom stereocenters. The van der Waals surface area contributed by atoms with E-state index in [-0.39, 0.29) is 0 Å². The Morgan fingerprint density at radius 2 is 1.08 bits per heavy atom. The highest BCUT2D eigenvalue weighted by Crippen LogP contribution is 2.47. The van der Waals surface area contributed by atoms with E-state index in [0.717, 1.165) is 43.6 Å². The molecule has 0 amide bonds. The molecule has 0 spiro atoms. The minimum Gasteiger partial charge on any atom is -0.495 e. The molecule has 0 saturated heterocycles. The first-order chi connectivity index (χ1) is 17.3. The van der Waals surface area contributed by atoms with Crippen molar-refractivity contribution in [3.05, 3.63) is 51.4 Å². The lowest BCUT2D eigenvalue weighted by atomic mass is 9.92. The minimum absolute atomic E-state index is 0.432. The summed E-state index contributed by atoms with van der Waals surface area (Å²) in [7, 11) is 8.00. The Hall–Kier alpha value is -4.13. The summed E-state index contributed by atoms with van der Waals surface area (Å²) >= 11 is 0. The van der Waals surface area contributed by atoms with E-state index in [1.807, 2.05) is 39.0 Å². The van der Waals surface area contributed by atoms with Crippen LogP contribution < -0.4 is 29.3 Å². The molecule has 0 aliphatic rings. The van der Waals surface area contributed by atoms with Crippen molar-refractivity contribution in [1.29, 1.82) is 0 Å². The van der Waals surface area contributed by atoms with Gasteiger partial charge < -0.3 is 28.1 Å². The van der Waals surface area contributed by atoms with Crippen molar-refractivity contribution >= 4 is 43.3 Å². The van der Waals surface area contributed by atoms with E-state index in [2.05, 4.69) is 6.07 Å². The van der Waals surface area contributed by atoms with Crippen molar-refractivity contribution < 1.29 is 28.1 Å². The predicted molar refractivity (Wildman–Crippen MR) is 142 cm³/mol. The quantitative estimate of drug-likeness (QED) is 0.165. The fourth-order valence-corrected chi connectivity index (χ4v) is 5.39. The Morgan fingerprint density at radius 1 is 0.556 bits per heavy atom. The predicted octanol–water partition coefficient (Wildman–Crippen LogP) is 6.22. The molecule has 0 aliphatic carbocycles. The molecule has 5 aromatic rings. The Kier molecular flexibility index (Phi) is 5.58. The molecule has 36 heavy (non-hydrogen) atoms. The molecule has 7 heteroatoms. The van der Waals surface area contributed by atoms with Gasteiger partial charge in [-0.05, 0) is 55.3 Å². The van der Waals surface area contributed by atoms with Gasteiger partial charge in [-0.2, -0.15) is 0 Å². The monoisotopic (exact) mass is 488 g/mol. The van der Waals surface area contributed by atoms with Crippen LogP contribution in [0, 0.1) is 20.8 Å². The highest BCUT2D eigenvalue weighted by molar-refractivity contribution is 6.22. The van der Waals surface area contributed by atoms with Crippen LogP contribution in [-0.4, -0.2) is 35.5 Å². The van der Waals surface area contributed by atoms with Crippen molar-refractivity contribution in [2.45, 2.75) is 20.8 Å². The Balaban J connectivity index is 2.07. The van der Waals surface area contributed by atoms with Crippen molar-refractivity contribution in [3.8, 4) is 28.7 Å². The van der Waals surface area contributed by atoms with E-state index in [9.17, 15) is 4.79 Å². The largest absolute Gasteiger partial charge is 0.495 e. The first kappa shape index (κ1) is 23.6. The number of hydrogen-bond donors (Lipinski definition) is 0. The SMILES string of the molecule is COc1cc2c(OC)c3c(cc2c(C)c1OC)c(=O)oc1c2cc(OC)c(OC)c(C)c2cc(C)c13. The maximum atomic E-state index is 13.5. The lowest BCUT2D eigenvalue weighted by Crippen LogP contribution is -2.04. The van der Waals surface area contributed by atoms with E-state index in [1.165, 1.54) is 0 Å². The number of ether oxygens (including phenoxy) is 5. The van der Waals surface area contributed by atoms with Gasteiger partial charge in [0.25, 0.3) is 0 Å². The Labute approximate surface area is 208 Å². The van der Waals surface area contributed by atoms with E-state index in [0.29, 0.717) is 45.1 Å². The van der Waals surface area contributed by atoms with Crippen molar-refractivity contribution in [1.82, 2.24) is 0 Å². The van der Waals surface area contributed by atoms with Gasteiger partial charge in [-0.25, -0.2) is 4.79 Å². The summed E-state index contributed by atoms with van der Waals surface area (Å²) in [6.07, 6.45) is 0. The van der Waals surface area contributed by atoms with Gasteiger partial charge in [0.15, 0.2) is 23.0 Å². The summed E-state index contributed by atoms with van der Waals surface area (Å²) in [6, 6.07) is 7.66. The Bertz CT molecular complexity index is 1760. The third-order valence-corrected chi connectivity index (χ3v) is 7.04. The highest BCUT2D eigenvalue weighted by Gasteiger charge is 2.24. The molecule has 7 nitrogen and oxygen atoms in total. The van der Waals surface area contributed by atoms with Gasteiger partial charge in [-0.15, -0.1) is 0 Å². The zero-order valence-electron chi connectivity index (χ0n) is 21.7. The van der Waals surface area contributed by atoms with Gasteiger partial charge in [0.05, 0.1) is 40.9 Å². The summed E-state index contributed by atoms with van der Waals surface area (Å²) in [6.45, 7) is 5.89. The number of aryl methyl sites for hydroxylation is 3. The van der Waals surface area contributed by atoms with Crippen LogP contribution >= 0.6 is 0 Å². The molecule has 0 saturated carbocycles. The molecule has 0 aliphatic heterocycles. The molecule has 0 fully saturated rings. The van der Waals surface area contributed by atoms with Gasteiger partial charge in [0.1, 0.15) is 11.3 Å². The topological polar surface area (TPSA) is 76.4 Å². The summed E-state index contributed by atoms with van der Waals surface area (Å²) in [4.78, 5) is 13.5. The molecule has 0 N–H and O–H groups in total. The molecule has 186 valence electrons. The lowest BCUT2D eigenvalue weighted by Gasteiger charge is -2.19. The number of hydrogen-bond acceptors (Lipinski definition) is 7. The Morgan fingerprint density at radius 3 is 1.61 bits per heavy atom. The lowest BCUT2D eigenvalue weighted by molar-refractivity contribution is 0.353. The maximum absolute atomic E-state index is 13.5. The van der Waals surface area contributed by atoms with E-state index >= 15 is 0 Å². The summed E-state index contributed by atoms with van der Waals surface area (Å²) in [5.74, 6) is 2.97.